The first-order chi connectivity index (χ1) is 16.0. The number of nitrogens with zero attached hydrogens (tertiary/aromatic N) is 1. The number of imide groups is 1. The smallest absolute Gasteiger partial charge is 0.338 e. The minimum Gasteiger partial charge on any atom is -0.462 e. The van der Waals surface area contributed by atoms with Crippen LogP contribution in [0.5, 0.6) is 0 Å². The van der Waals surface area contributed by atoms with E-state index >= 15 is 0 Å². The molecule has 0 saturated carbocycles. The van der Waals surface area contributed by atoms with Crippen molar-refractivity contribution in [2.75, 3.05) is 11.5 Å². The van der Waals surface area contributed by atoms with E-state index in [4.69, 9.17) is 4.74 Å². The second-order valence-electron chi connectivity index (χ2n) is 8.65. The number of benzene rings is 3. The fourth-order valence-electron chi connectivity index (χ4n) is 5.92. The Bertz CT molecular complexity index is 1300. The normalized spacial score (nSPS) is 26.6. The second-order valence-corrected chi connectivity index (χ2v) is 9.90. The van der Waals surface area contributed by atoms with Gasteiger partial charge in [0.1, 0.15) is 0 Å². The zero-order valence-corrected chi connectivity index (χ0v) is 19.4. The third-order valence-electron chi connectivity index (χ3n) is 7.13. The van der Waals surface area contributed by atoms with Crippen molar-refractivity contribution in [3.8, 4) is 0 Å². The standard InChI is InChI=1S/C27H20BrNO4/c1-2-33-26(32)15-8-7-9-16(14-15)29-24(30)22-21-17-10-3-5-12-19(17)27(28,23(22)25(29)31)20-13-6-4-11-18(20)21/h3-14,21-23H,2H2,1H3/t21?,22-,23-,27?/m1/s1. The molecule has 4 aliphatic rings. The summed E-state index contributed by atoms with van der Waals surface area (Å²) in [6, 6.07) is 22.7. The molecule has 1 aliphatic heterocycles. The Kier molecular flexibility index (Phi) is 4.40. The van der Waals surface area contributed by atoms with E-state index < -0.39 is 22.1 Å². The molecule has 5 nitrogen and oxygen atoms in total. The van der Waals surface area contributed by atoms with Crippen LogP contribution in [0.25, 0.3) is 0 Å². The molecular weight excluding hydrogens is 482 g/mol. The van der Waals surface area contributed by atoms with Gasteiger partial charge in [-0.1, -0.05) is 70.5 Å². The van der Waals surface area contributed by atoms with Gasteiger partial charge in [0.05, 0.1) is 34.0 Å². The molecule has 2 amide bonds. The van der Waals surface area contributed by atoms with Crippen molar-refractivity contribution in [2.45, 2.75) is 17.2 Å². The fourth-order valence-corrected chi connectivity index (χ4v) is 7.12. The predicted molar refractivity (Wildman–Crippen MR) is 126 cm³/mol. The average molecular weight is 502 g/mol. The zero-order valence-electron chi connectivity index (χ0n) is 17.8. The van der Waals surface area contributed by atoms with Gasteiger partial charge in [0.2, 0.25) is 11.8 Å². The van der Waals surface area contributed by atoms with Gasteiger partial charge in [-0.3, -0.25) is 9.59 Å². The highest BCUT2D eigenvalue weighted by Gasteiger charge is 2.67. The number of ether oxygens (including phenoxy) is 1. The van der Waals surface area contributed by atoms with Gasteiger partial charge in [-0.05, 0) is 47.4 Å². The van der Waals surface area contributed by atoms with Crippen LogP contribution in [0.15, 0.2) is 72.8 Å². The van der Waals surface area contributed by atoms with Crippen molar-refractivity contribution in [3.63, 3.8) is 0 Å². The van der Waals surface area contributed by atoms with Crippen molar-refractivity contribution >= 4 is 39.4 Å². The van der Waals surface area contributed by atoms with Gasteiger partial charge in [0, 0.05) is 5.92 Å². The molecule has 1 heterocycles. The van der Waals surface area contributed by atoms with Crippen LogP contribution in [0.4, 0.5) is 5.69 Å². The van der Waals surface area contributed by atoms with Crippen LogP contribution in [0.3, 0.4) is 0 Å². The van der Waals surface area contributed by atoms with E-state index in [0.29, 0.717) is 11.3 Å². The summed E-state index contributed by atoms with van der Waals surface area (Å²) in [4.78, 5) is 41.3. The highest BCUT2D eigenvalue weighted by atomic mass is 79.9. The van der Waals surface area contributed by atoms with E-state index in [2.05, 4.69) is 28.1 Å². The van der Waals surface area contributed by atoms with Crippen LogP contribution in [-0.4, -0.2) is 24.4 Å². The van der Waals surface area contributed by atoms with E-state index in [0.717, 1.165) is 22.3 Å². The number of alkyl halides is 1. The lowest BCUT2D eigenvalue weighted by atomic mass is 9.55. The zero-order chi connectivity index (χ0) is 22.9. The van der Waals surface area contributed by atoms with Crippen molar-refractivity contribution in [3.05, 3.63) is 101 Å². The molecular formula is C27H20BrNO4. The number of rotatable bonds is 3. The molecule has 3 aromatic carbocycles. The lowest BCUT2D eigenvalue weighted by Gasteiger charge is -2.51. The lowest BCUT2D eigenvalue weighted by molar-refractivity contribution is -0.122. The molecule has 3 aliphatic carbocycles. The fraction of sp³-hybridized carbons (Fsp3) is 0.222. The number of halogens is 1. The van der Waals surface area contributed by atoms with Crippen LogP contribution in [0.1, 0.15) is 45.5 Å². The maximum atomic E-state index is 13.9. The summed E-state index contributed by atoms with van der Waals surface area (Å²) < 4.78 is 4.31. The maximum Gasteiger partial charge on any atom is 0.338 e. The van der Waals surface area contributed by atoms with Crippen molar-refractivity contribution < 1.29 is 19.1 Å². The first kappa shape index (κ1) is 20.4. The number of carbonyl (C=O) groups is 3. The van der Waals surface area contributed by atoms with Crippen LogP contribution in [0, 0.1) is 11.8 Å². The Hall–Kier alpha value is -3.25. The van der Waals surface area contributed by atoms with E-state index in [1.165, 1.54) is 4.90 Å². The minimum absolute atomic E-state index is 0.198. The SMILES string of the molecule is CCOC(=O)c1cccc(N2C(=O)[C@@H]3C4c5ccccc5C(Br)(c5ccccc54)[C@H]3C2=O)c1. The molecule has 33 heavy (non-hydrogen) atoms. The molecule has 3 aromatic rings. The largest absolute Gasteiger partial charge is 0.462 e. The molecule has 2 atom stereocenters. The monoisotopic (exact) mass is 501 g/mol. The molecule has 2 bridgehead atoms. The van der Waals surface area contributed by atoms with Crippen LogP contribution in [-0.2, 0) is 18.7 Å². The Balaban J connectivity index is 1.52. The van der Waals surface area contributed by atoms with E-state index in [1.54, 1.807) is 31.2 Å². The number of anilines is 1. The number of hydrogen-bond donors (Lipinski definition) is 0. The van der Waals surface area contributed by atoms with Crippen molar-refractivity contribution in [1.82, 2.24) is 0 Å². The summed E-state index contributed by atoms with van der Waals surface area (Å²) in [5, 5.41) is 0. The quantitative estimate of drug-likeness (QED) is 0.294. The Labute approximate surface area is 199 Å². The summed E-state index contributed by atoms with van der Waals surface area (Å²) >= 11 is 3.99. The average Bonchev–Trinajstić information content (AvgIpc) is 3.11. The second kappa shape index (κ2) is 7.12. The van der Waals surface area contributed by atoms with E-state index in [-0.39, 0.29) is 24.3 Å². The Morgan fingerprint density at radius 2 is 1.58 bits per heavy atom. The van der Waals surface area contributed by atoms with Gasteiger partial charge in [-0.15, -0.1) is 0 Å². The molecule has 0 radical (unpaired) electrons. The van der Waals surface area contributed by atoms with Gasteiger partial charge >= 0.3 is 5.97 Å². The van der Waals surface area contributed by atoms with Crippen molar-refractivity contribution in [1.29, 1.82) is 0 Å². The van der Waals surface area contributed by atoms with Crippen LogP contribution < -0.4 is 4.90 Å². The summed E-state index contributed by atoms with van der Waals surface area (Å²) in [6.45, 7) is 1.99. The third kappa shape index (κ3) is 2.55. The highest BCUT2D eigenvalue weighted by molar-refractivity contribution is 9.09. The molecule has 1 saturated heterocycles. The summed E-state index contributed by atoms with van der Waals surface area (Å²) in [7, 11) is 0. The van der Waals surface area contributed by atoms with Gasteiger partial charge in [-0.2, -0.15) is 0 Å². The van der Waals surface area contributed by atoms with E-state index in [9.17, 15) is 14.4 Å². The van der Waals surface area contributed by atoms with Crippen molar-refractivity contribution in [2.24, 2.45) is 11.8 Å². The number of esters is 1. The van der Waals surface area contributed by atoms with Crippen LogP contribution in [0.2, 0.25) is 0 Å². The minimum atomic E-state index is -0.792. The van der Waals surface area contributed by atoms with Gasteiger partial charge in [0.25, 0.3) is 0 Å². The molecule has 6 heteroatoms. The molecule has 7 rings (SSSR count). The van der Waals surface area contributed by atoms with Gasteiger partial charge in [-0.25, -0.2) is 9.69 Å². The van der Waals surface area contributed by atoms with Crippen LogP contribution >= 0.6 is 15.9 Å². The Morgan fingerprint density at radius 1 is 0.939 bits per heavy atom. The molecule has 1 fully saturated rings. The molecule has 0 aromatic heterocycles. The summed E-state index contributed by atoms with van der Waals surface area (Å²) in [6.07, 6.45) is 0. The molecule has 0 unspecified atom stereocenters. The number of amides is 2. The van der Waals surface area contributed by atoms with Gasteiger partial charge < -0.3 is 4.74 Å². The molecule has 0 N–H and O–H groups in total. The topological polar surface area (TPSA) is 63.7 Å². The highest BCUT2D eigenvalue weighted by Crippen LogP contribution is 2.66. The van der Waals surface area contributed by atoms with E-state index in [1.807, 2.05) is 36.4 Å². The number of carbonyl (C=O) groups excluding carboxylic acids is 3. The first-order valence-corrected chi connectivity index (χ1v) is 11.8. The molecule has 0 spiro atoms. The summed E-state index contributed by atoms with van der Waals surface area (Å²) in [5.41, 5.74) is 4.95. The molecule has 164 valence electrons. The first-order valence-electron chi connectivity index (χ1n) is 11.0. The predicted octanol–water partition coefficient (Wildman–Crippen LogP) is 4.77. The lowest BCUT2D eigenvalue weighted by Crippen LogP contribution is -2.50. The maximum absolute atomic E-state index is 13.9. The summed E-state index contributed by atoms with van der Waals surface area (Å²) in [5.74, 6) is -2.26. The van der Waals surface area contributed by atoms with Gasteiger partial charge in [0.15, 0.2) is 0 Å². The Morgan fingerprint density at radius 3 is 2.21 bits per heavy atom. The third-order valence-corrected chi connectivity index (χ3v) is 8.48. The number of hydrogen-bond acceptors (Lipinski definition) is 4.